The molecule has 3 heterocycles. The van der Waals surface area contributed by atoms with Gasteiger partial charge in [0.25, 0.3) is 0 Å². The molecule has 3 N–H and O–H groups in total. The molecule has 1 saturated heterocycles. The summed E-state index contributed by atoms with van der Waals surface area (Å²) >= 11 is 0. The van der Waals surface area contributed by atoms with Crippen LogP contribution in [0.15, 0.2) is 12.1 Å². The van der Waals surface area contributed by atoms with Gasteiger partial charge in [0.2, 0.25) is 5.91 Å². The summed E-state index contributed by atoms with van der Waals surface area (Å²) in [6.07, 6.45) is 5.94. The first-order chi connectivity index (χ1) is 13.0. The topological polar surface area (TPSA) is 94.6 Å². The van der Waals surface area contributed by atoms with Crippen molar-refractivity contribution < 1.29 is 14.7 Å². The Balaban J connectivity index is 1.36. The predicted molar refractivity (Wildman–Crippen MR) is 104 cm³/mol. The van der Waals surface area contributed by atoms with Crippen LogP contribution in [0.1, 0.15) is 50.3 Å². The third-order valence-electron chi connectivity index (χ3n) is 5.59. The van der Waals surface area contributed by atoms with E-state index in [-0.39, 0.29) is 11.9 Å². The third kappa shape index (κ3) is 5.42. The van der Waals surface area contributed by atoms with Crippen LogP contribution in [-0.4, -0.2) is 58.6 Å². The van der Waals surface area contributed by atoms with E-state index in [0.717, 1.165) is 56.6 Å². The molecule has 1 atom stereocenters. The lowest BCUT2D eigenvalue weighted by atomic mass is 10.0. The predicted octanol–water partition coefficient (Wildman–Crippen LogP) is 1.82. The first-order valence-electron chi connectivity index (χ1n) is 10.0. The van der Waals surface area contributed by atoms with Gasteiger partial charge in [0.15, 0.2) is 0 Å². The molecule has 0 aliphatic carbocycles. The average molecular weight is 374 g/mol. The monoisotopic (exact) mass is 374 g/mol. The molecule has 0 bridgehead atoms. The maximum absolute atomic E-state index is 12.2. The zero-order valence-electron chi connectivity index (χ0n) is 16.0. The summed E-state index contributed by atoms with van der Waals surface area (Å²) in [5, 5.41) is 15.5. The highest BCUT2D eigenvalue weighted by molar-refractivity contribution is 5.76. The van der Waals surface area contributed by atoms with Crippen molar-refractivity contribution >= 4 is 17.7 Å². The van der Waals surface area contributed by atoms with Gasteiger partial charge in [-0.25, -0.2) is 4.98 Å². The van der Waals surface area contributed by atoms with Crippen molar-refractivity contribution in [3.05, 3.63) is 23.4 Å². The van der Waals surface area contributed by atoms with E-state index >= 15 is 0 Å². The van der Waals surface area contributed by atoms with E-state index in [1.54, 1.807) is 6.92 Å². The number of aromatic nitrogens is 1. The number of aliphatic carboxylic acids is 1. The van der Waals surface area contributed by atoms with E-state index < -0.39 is 12.0 Å². The number of pyridine rings is 1. The molecular formula is C20H30N4O3. The molecule has 0 aromatic carbocycles. The van der Waals surface area contributed by atoms with Crippen molar-refractivity contribution in [2.75, 3.05) is 25.0 Å². The molecule has 7 nitrogen and oxygen atoms in total. The van der Waals surface area contributed by atoms with Crippen molar-refractivity contribution in [1.82, 2.24) is 15.2 Å². The van der Waals surface area contributed by atoms with Gasteiger partial charge in [0.05, 0.1) is 0 Å². The Bertz CT molecular complexity index is 671. The number of likely N-dealkylation sites (tertiary alicyclic amines) is 1. The molecule has 0 spiro atoms. The maximum atomic E-state index is 12.2. The van der Waals surface area contributed by atoms with Crippen LogP contribution in [0.4, 0.5) is 5.82 Å². The molecule has 2 aliphatic rings. The second-order valence-electron chi connectivity index (χ2n) is 7.59. The lowest BCUT2D eigenvalue weighted by Crippen LogP contribution is -2.49. The summed E-state index contributed by atoms with van der Waals surface area (Å²) in [5.41, 5.74) is 2.32. The van der Waals surface area contributed by atoms with Gasteiger partial charge in [0.1, 0.15) is 11.9 Å². The van der Waals surface area contributed by atoms with Crippen LogP contribution in [0.25, 0.3) is 0 Å². The Kier molecular flexibility index (Phi) is 6.66. The highest BCUT2D eigenvalue weighted by atomic mass is 16.4. The number of rotatable bonds is 7. The van der Waals surface area contributed by atoms with Crippen LogP contribution in [0.3, 0.4) is 0 Å². The van der Waals surface area contributed by atoms with Gasteiger partial charge in [-0.1, -0.05) is 6.07 Å². The van der Waals surface area contributed by atoms with Gasteiger partial charge in [0, 0.05) is 37.8 Å². The molecule has 0 saturated carbocycles. The second-order valence-corrected chi connectivity index (χ2v) is 7.59. The quantitative estimate of drug-likeness (QED) is 0.674. The van der Waals surface area contributed by atoms with Crippen LogP contribution < -0.4 is 10.6 Å². The number of carbonyl (C=O) groups is 2. The van der Waals surface area contributed by atoms with Gasteiger partial charge < -0.3 is 15.7 Å². The van der Waals surface area contributed by atoms with Crippen molar-refractivity contribution in [2.24, 2.45) is 0 Å². The molecule has 0 radical (unpaired) electrons. The Morgan fingerprint density at radius 1 is 1.37 bits per heavy atom. The number of hydrogen-bond acceptors (Lipinski definition) is 5. The van der Waals surface area contributed by atoms with E-state index in [1.807, 2.05) is 4.90 Å². The SMILES string of the molecule is C[C@@H](C(=O)O)N1CCC(NC(=O)CCCc2ccc3c(n2)NCCC3)CC1. The van der Waals surface area contributed by atoms with Gasteiger partial charge in [-0.05, 0) is 57.1 Å². The second kappa shape index (κ2) is 9.17. The number of anilines is 1. The number of carbonyl (C=O) groups excluding carboxylic acids is 1. The minimum Gasteiger partial charge on any atom is -0.480 e. The summed E-state index contributed by atoms with van der Waals surface area (Å²) in [6.45, 7) is 4.12. The summed E-state index contributed by atoms with van der Waals surface area (Å²) < 4.78 is 0. The summed E-state index contributed by atoms with van der Waals surface area (Å²) in [6, 6.07) is 3.92. The smallest absolute Gasteiger partial charge is 0.320 e. The van der Waals surface area contributed by atoms with Crippen molar-refractivity contribution in [1.29, 1.82) is 0 Å². The zero-order valence-corrected chi connectivity index (χ0v) is 16.0. The Labute approximate surface area is 160 Å². The summed E-state index contributed by atoms with van der Waals surface area (Å²) in [7, 11) is 0. The molecule has 0 unspecified atom stereocenters. The molecule has 27 heavy (non-hydrogen) atoms. The largest absolute Gasteiger partial charge is 0.480 e. The number of carboxylic acid groups (broad SMARTS) is 1. The van der Waals surface area contributed by atoms with Crippen LogP contribution >= 0.6 is 0 Å². The number of amides is 1. The summed E-state index contributed by atoms with van der Waals surface area (Å²) in [5.74, 6) is 0.296. The first kappa shape index (κ1) is 19.6. The highest BCUT2D eigenvalue weighted by Crippen LogP contribution is 2.20. The number of nitrogens with one attached hydrogen (secondary N) is 2. The van der Waals surface area contributed by atoms with E-state index in [9.17, 15) is 9.59 Å². The number of fused-ring (bicyclic) bond motifs is 1. The van der Waals surface area contributed by atoms with E-state index in [0.29, 0.717) is 19.5 Å². The Morgan fingerprint density at radius 2 is 2.15 bits per heavy atom. The van der Waals surface area contributed by atoms with E-state index in [1.165, 1.54) is 5.56 Å². The minimum absolute atomic E-state index is 0.0795. The van der Waals surface area contributed by atoms with Crippen molar-refractivity contribution in [3.8, 4) is 0 Å². The summed E-state index contributed by atoms with van der Waals surface area (Å²) in [4.78, 5) is 29.9. The molecular weight excluding hydrogens is 344 g/mol. The van der Waals surface area contributed by atoms with Gasteiger partial charge in [-0.15, -0.1) is 0 Å². The number of hydrogen-bond donors (Lipinski definition) is 3. The fraction of sp³-hybridized carbons (Fsp3) is 0.650. The van der Waals surface area contributed by atoms with Crippen LogP contribution in [0.5, 0.6) is 0 Å². The maximum Gasteiger partial charge on any atom is 0.320 e. The molecule has 7 heteroatoms. The lowest BCUT2D eigenvalue weighted by molar-refractivity contribution is -0.143. The average Bonchev–Trinajstić information content (AvgIpc) is 2.68. The number of piperidine rings is 1. The van der Waals surface area contributed by atoms with Crippen LogP contribution in [0, 0.1) is 0 Å². The number of aryl methyl sites for hydroxylation is 2. The molecule has 2 aliphatic heterocycles. The Morgan fingerprint density at radius 3 is 2.89 bits per heavy atom. The zero-order chi connectivity index (χ0) is 19.2. The van der Waals surface area contributed by atoms with E-state index in [4.69, 9.17) is 5.11 Å². The Hall–Kier alpha value is -2.15. The molecule has 1 fully saturated rings. The standard InChI is InChI=1S/C20H30N4O3/c1-14(20(26)27)24-12-9-17(10-13-24)22-18(25)6-2-5-16-8-7-15-4-3-11-21-19(15)23-16/h7-8,14,17H,2-6,9-13H2,1H3,(H,21,23)(H,22,25)(H,26,27)/t14-/m0/s1. The first-order valence-corrected chi connectivity index (χ1v) is 10.0. The van der Waals surface area contributed by atoms with E-state index in [2.05, 4.69) is 27.8 Å². The number of carboxylic acids is 1. The number of nitrogens with zero attached hydrogens (tertiary/aromatic N) is 2. The van der Waals surface area contributed by atoms with Crippen molar-refractivity contribution in [3.63, 3.8) is 0 Å². The van der Waals surface area contributed by atoms with Crippen molar-refractivity contribution in [2.45, 2.75) is 64.0 Å². The van der Waals surface area contributed by atoms with Crippen LogP contribution in [0.2, 0.25) is 0 Å². The van der Waals surface area contributed by atoms with Gasteiger partial charge in [-0.2, -0.15) is 0 Å². The minimum atomic E-state index is -0.788. The molecule has 1 aromatic rings. The van der Waals surface area contributed by atoms with Gasteiger partial charge in [-0.3, -0.25) is 14.5 Å². The third-order valence-corrected chi connectivity index (χ3v) is 5.59. The molecule has 1 amide bonds. The lowest BCUT2D eigenvalue weighted by Gasteiger charge is -2.34. The molecule has 148 valence electrons. The normalized spacial score (nSPS) is 19.0. The molecule has 1 aromatic heterocycles. The highest BCUT2D eigenvalue weighted by Gasteiger charge is 2.26. The fourth-order valence-electron chi connectivity index (χ4n) is 3.83. The van der Waals surface area contributed by atoms with Gasteiger partial charge >= 0.3 is 5.97 Å². The molecule has 3 rings (SSSR count). The fourth-order valence-corrected chi connectivity index (χ4v) is 3.83. The van der Waals surface area contributed by atoms with Crippen LogP contribution in [-0.2, 0) is 22.4 Å².